The van der Waals surface area contributed by atoms with Crippen molar-refractivity contribution in [1.82, 2.24) is 4.90 Å². The van der Waals surface area contributed by atoms with Gasteiger partial charge in [0.2, 0.25) is 5.78 Å². The molecule has 6 nitrogen and oxygen atoms in total. The molecule has 1 aromatic rings. The molecule has 1 saturated heterocycles. The molecule has 22 heavy (non-hydrogen) atoms. The minimum atomic E-state index is -0.490. The molecule has 1 fully saturated rings. The molecule has 4 N–H and O–H groups in total. The summed E-state index contributed by atoms with van der Waals surface area (Å²) in [7, 11) is 0. The van der Waals surface area contributed by atoms with E-state index in [1.807, 2.05) is 0 Å². The Bertz CT molecular complexity index is 615. The average Bonchev–Trinajstić information content (AvgIpc) is 2.50. The van der Waals surface area contributed by atoms with Crippen LogP contribution in [0.3, 0.4) is 0 Å². The van der Waals surface area contributed by atoms with Crippen LogP contribution >= 0.6 is 15.9 Å². The van der Waals surface area contributed by atoms with E-state index in [0.717, 1.165) is 0 Å². The molecule has 0 aromatic heterocycles. The molecule has 0 bridgehead atoms. The second kappa shape index (κ2) is 6.87. The van der Waals surface area contributed by atoms with Crippen molar-refractivity contribution in [1.29, 1.82) is 5.41 Å². The number of primary amides is 1. The molecule has 0 atom stereocenters. The third kappa shape index (κ3) is 3.82. The van der Waals surface area contributed by atoms with Gasteiger partial charge in [-0.15, -0.1) is 0 Å². The lowest BCUT2D eigenvalue weighted by molar-refractivity contribution is -0.117. The van der Waals surface area contributed by atoms with Gasteiger partial charge in [0.1, 0.15) is 5.82 Å². The van der Waals surface area contributed by atoms with Crippen LogP contribution in [0.5, 0.6) is 0 Å². The largest absolute Gasteiger partial charge is 0.351 e. The smallest absolute Gasteiger partial charge is 0.314 e. The maximum absolute atomic E-state index is 13.1. The van der Waals surface area contributed by atoms with Gasteiger partial charge in [0, 0.05) is 24.7 Å². The zero-order valence-electron chi connectivity index (χ0n) is 11.7. The fourth-order valence-corrected chi connectivity index (χ4v) is 2.72. The van der Waals surface area contributed by atoms with Crippen molar-refractivity contribution in [2.75, 3.05) is 18.4 Å². The fourth-order valence-electron chi connectivity index (χ4n) is 2.35. The molecule has 0 unspecified atom stereocenters. The maximum Gasteiger partial charge on any atom is 0.314 e. The number of benzene rings is 1. The first kappa shape index (κ1) is 16.4. The Morgan fingerprint density at radius 3 is 2.55 bits per heavy atom. The van der Waals surface area contributed by atoms with Gasteiger partial charge in [0.15, 0.2) is 5.84 Å². The average molecular weight is 371 g/mol. The van der Waals surface area contributed by atoms with Crippen molar-refractivity contribution < 1.29 is 14.0 Å². The number of anilines is 1. The fraction of sp³-hybridized carbons (Fsp3) is 0.357. The number of piperidine rings is 1. The normalized spacial score (nSPS) is 15.5. The molecule has 1 aromatic carbocycles. The predicted octanol–water partition coefficient (Wildman–Crippen LogP) is 2.34. The van der Waals surface area contributed by atoms with Crippen LogP contribution in [0.1, 0.15) is 12.8 Å². The number of carbonyl (C=O) groups is 2. The highest BCUT2D eigenvalue weighted by Gasteiger charge is 2.28. The van der Waals surface area contributed by atoms with Gasteiger partial charge in [-0.25, -0.2) is 9.18 Å². The van der Waals surface area contributed by atoms with Gasteiger partial charge in [0.25, 0.3) is 0 Å². The lowest BCUT2D eigenvalue weighted by Crippen LogP contribution is -2.44. The molecular weight excluding hydrogens is 355 g/mol. The van der Waals surface area contributed by atoms with E-state index in [9.17, 15) is 14.0 Å². The number of amidine groups is 1. The van der Waals surface area contributed by atoms with Crippen LogP contribution < -0.4 is 11.1 Å². The maximum atomic E-state index is 13.1. The number of ketones is 1. The number of urea groups is 1. The van der Waals surface area contributed by atoms with E-state index in [-0.39, 0.29) is 22.0 Å². The number of likely N-dealkylation sites (tertiary alicyclic amines) is 1. The van der Waals surface area contributed by atoms with E-state index in [1.54, 1.807) is 0 Å². The zero-order chi connectivity index (χ0) is 16.3. The minimum Gasteiger partial charge on any atom is -0.351 e. The van der Waals surface area contributed by atoms with Crippen molar-refractivity contribution in [2.24, 2.45) is 11.7 Å². The molecule has 1 aliphatic rings. The number of Topliss-reactive ketones (excluding diaryl/α,β-unsaturated/α-hetero) is 1. The van der Waals surface area contributed by atoms with Crippen LogP contribution in [0.4, 0.5) is 14.9 Å². The van der Waals surface area contributed by atoms with Gasteiger partial charge in [-0.2, -0.15) is 0 Å². The Hall–Kier alpha value is -1.96. The Labute approximate surface area is 135 Å². The van der Waals surface area contributed by atoms with E-state index < -0.39 is 11.8 Å². The van der Waals surface area contributed by atoms with Crippen molar-refractivity contribution >= 4 is 39.3 Å². The summed E-state index contributed by atoms with van der Waals surface area (Å²) < 4.78 is 13.4. The van der Waals surface area contributed by atoms with Gasteiger partial charge >= 0.3 is 6.03 Å². The molecular formula is C14H16BrFN4O2. The van der Waals surface area contributed by atoms with Crippen LogP contribution in [0.15, 0.2) is 22.7 Å². The number of amides is 2. The Kier molecular flexibility index (Phi) is 5.12. The standard InChI is InChI=1S/C14H16BrFN4O2/c15-10-7-9(1-2-11(10)16)19-13(17)12(21)8-3-5-20(6-4-8)14(18)22/h1-2,7-8H,3-6H2,(H2,17,19)(H2,18,22). The van der Waals surface area contributed by atoms with E-state index in [0.29, 0.717) is 31.6 Å². The molecule has 0 aliphatic carbocycles. The summed E-state index contributed by atoms with van der Waals surface area (Å²) in [6.07, 6.45) is 0.970. The minimum absolute atomic E-state index is 0.240. The monoisotopic (exact) mass is 370 g/mol. The molecule has 1 heterocycles. The number of hydrogen-bond acceptors (Lipinski definition) is 3. The first-order valence-corrected chi connectivity index (χ1v) is 7.57. The van der Waals surface area contributed by atoms with Crippen molar-refractivity contribution in [3.63, 3.8) is 0 Å². The van der Waals surface area contributed by atoms with Crippen LogP contribution in [0, 0.1) is 17.1 Å². The number of nitrogens with one attached hydrogen (secondary N) is 2. The Balaban J connectivity index is 1.94. The number of hydrogen-bond donors (Lipinski definition) is 3. The summed E-state index contributed by atoms with van der Waals surface area (Å²) in [5.41, 5.74) is 5.65. The van der Waals surface area contributed by atoms with Gasteiger partial charge in [0.05, 0.1) is 4.47 Å². The topological polar surface area (TPSA) is 99.3 Å². The van der Waals surface area contributed by atoms with Crippen molar-refractivity contribution in [3.05, 3.63) is 28.5 Å². The number of carbonyl (C=O) groups excluding carboxylic acids is 2. The van der Waals surface area contributed by atoms with Crippen LogP contribution in [-0.2, 0) is 4.79 Å². The highest BCUT2D eigenvalue weighted by atomic mass is 79.9. The first-order valence-electron chi connectivity index (χ1n) is 6.77. The molecule has 1 aliphatic heterocycles. The summed E-state index contributed by atoms with van der Waals surface area (Å²) >= 11 is 3.05. The third-order valence-electron chi connectivity index (χ3n) is 3.61. The van der Waals surface area contributed by atoms with E-state index in [1.165, 1.54) is 23.1 Å². The summed E-state index contributed by atoms with van der Waals surface area (Å²) in [5.74, 6) is -1.28. The van der Waals surface area contributed by atoms with Crippen LogP contribution in [0.2, 0.25) is 0 Å². The summed E-state index contributed by atoms with van der Waals surface area (Å²) in [6.45, 7) is 0.836. The number of nitrogens with two attached hydrogens (primary N) is 1. The molecule has 118 valence electrons. The van der Waals surface area contributed by atoms with E-state index in [2.05, 4.69) is 21.2 Å². The quantitative estimate of drug-likeness (QED) is 0.562. The Morgan fingerprint density at radius 2 is 2.00 bits per heavy atom. The third-order valence-corrected chi connectivity index (χ3v) is 4.22. The van der Waals surface area contributed by atoms with Crippen molar-refractivity contribution in [3.8, 4) is 0 Å². The summed E-state index contributed by atoms with van der Waals surface area (Å²) in [5, 5.41) is 10.5. The van der Waals surface area contributed by atoms with Crippen molar-refractivity contribution in [2.45, 2.75) is 12.8 Å². The van der Waals surface area contributed by atoms with Crippen LogP contribution in [-0.4, -0.2) is 35.6 Å². The lowest BCUT2D eigenvalue weighted by atomic mass is 9.92. The Morgan fingerprint density at radius 1 is 1.36 bits per heavy atom. The molecule has 0 saturated carbocycles. The van der Waals surface area contributed by atoms with E-state index >= 15 is 0 Å². The molecule has 0 radical (unpaired) electrons. The number of rotatable bonds is 3. The van der Waals surface area contributed by atoms with Gasteiger partial charge in [-0.1, -0.05) is 0 Å². The van der Waals surface area contributed by atoms with E-state index in [4.69, 9.17) is 11.1 Å². The predicted molar refractivity (Wildman–Crippen MR) is 84.3 cm³/mol. The highest BCUT2D eigenvalue weighted by molar-refractivity contribution is 9.10. The van der Waals surface area contributed by atoms with Gasteiger partial charge < -0.3 is 16.0 Å². The second-order valence-corrected chi connectivity index (χ2v) is 5.95. The number of halogens is 2. The molecule has 8 heteroatoms. The van der Waals surface area contributed by atoms with Crippen LogP contribution in [0.25, 0.3) is 0 Å². The first-order chi connectivity index (χ1) is 10.4. The van der Waals surface area contributed by atoms with Gasteiger partial charge in [-0.3, -0.25) is 10.2 Å². The summed E-state index contributed by atoms with van der Waals surface area (Å²) in [6, 6.07) is 3.68. The second-order valence-electron chi connectivity index (χ2n) is 5.09. The van der Waals surface area contributed by atoms with Gasteiger partial charge in [-0.05, 0) is 47.0 Å². The molecule has 2 rings (SSSR count). The lowest BCUT2D eigenvalue weighted by Gasteiger charge is -2.29. The molecule has 2 amide bonds. The summed E-state index contributed by atoms with van der Waals surface area (Å²) in [4.78, 5) is 24.7. The molecule has 0 spiro atoms. The highest BCUT2D eigenvalue weighted by Crippen LogP contribution is 2.22. The zero-order valence-corrected chi connectivity index (χ0v) is 13.3. The number of nitrogens with zero attached hydrogens (tertiary/aromatic N) is 1. The SMILES string of the molecule is N=C(Nc1ccc(F)c(Br)c1)C(=O)C1CCN(C(N)=O)CC1.